The monoisotopic (exact) mass is 420 g/mol. The number of aliphatic hydroxyl groups is 1. The van der Waals surface area contributed by atoms with E-state index in [0.717, 1.165) is 22.5 Å². The number of aryl methyl sites for hydroxylation is 1. The molecule has 30 heavy (non-hydrogen) atoms. The van der Waals surface area contributed by atoms with E-state index in [9.17, 15) is 9.90 Å². The van der Waals surface area contributed by atoms with E-state index in [1.165, 1.54) is 0 Å². The second-order valence-corrected chi connectivity index (χ2v) is 8.12. The molecular weight excluding hydrogens is 400 g/mol. The lowest BCUT2D eigenvalue weighted by Gasteiger charge is -2.17. The molecule has 4 aromatic rings. The second-order valence-electron chi connectivity index (χ2n) is 7.68. The van der Waals surface area contributed by atoms with E-state index in [2.05, 4.69) is 15.4 Å². The number of amides is 1. The third kappa shape index (κ3) is 4.06. The number of nitrogens with one attached hydrogen (secondary N) is 1. The first-order chi connectivity index (χ1) is 14.2. The van der Waals surface area contributed by atoms with Gasteiger partial charge in [0.2, 0.25) is 0 Å². The highest BCUT2D eigenvalue weighted by molar-refractivity contribution is 6.30. The summed E-state index contributed by atoms with van der Waals surface area (Å²) in [4.78, 5) is 17.3. The molecule has 0 aliphatic carbocycles. The van der Waals surface area contributed by atoms with Gasteiger partial charge >= 0.3 is 0 Å². The number of benzene rings is 2. The average Bonchev–Trinajstić information content (AvgIpc) is 3.07. The number of fused-ring (bicyclic) bond motifs is 1. The zero-order chi connectivity index (χ0) is 21.5. The van der Waals surface area contributed by atoms with Gasteiger partial charge in [-0.15, -0.1) is 0 Å². The minimum atomic E-state index is -0.963. The summed E-state index contributed by atoms with van der Waals surface area (Å²) < 4.78 is 1.74. The number of rotatable bonds is 4. The molecule has 1 amide bonds. The molecule has 0 aliphatic rings. The van der Waals surface area contributed by atoms with Crippen molar-refractivity contribution in [3.8, 4) is 11.3 Å². The Kier molecular flexibility index (Phi) is 5.05. The molecule has 0 aliphatic heterocycles. The fourth-order valence-corrected chi connectivity index (χ4v) is 3.32. The molecule has 0 unspecified atom stereocenters. The van der Waals surface area contributed by atoms with Gasteiger partial charge in [-0.2, -0.15) is 5.10 Å². The molecule has 0 spiro atoms. The highest BCUT2D eigenvalue weighted by atomic mass is 35.5. The minimum absolute atomic E-state index is 0.285. The highest BCUT2D eigenvalue weighted by Crippen LogP contribution is 2.25. The summed E-state index contributed by atoms with van der Waals surface area (Å²) >= 11 is 6.02. The van der Waals surface area contributed by atoms with Gasteiger partial charge in [0.15, 0.2) is 5.65 Å². The van der Waals surface area contributed by atoms with Gasteiger partial charge < -0.3 is 10.4 Å². The topological polar surface area (TPSA) is 79.5 Å². The molecule has 4 rings (SSSR count). The van der Waals surface area contributed by atoms with Gasteiger partial charge in [0, 0.05) is 28.3 Å². The van der Waals surface area contributed by atoms with E-state index >= 15 is 0 Å². The van der Waals surface area contributed by atoms with Gasteiger partial charge in [0.25, 0.3) is 5.91 Å². The largest absolute Gasteiger partial charge is 0.386 e. The van der Waals surface area contributed by atoms with Gasteiger partial charge in [-0.3, -0.25) is 4.79 Å². The molecule has 0 saturated carbocycles. The minimum Gasteiger partial charge on any atom is -0.386 e. The van der Waals surface area contributed by atoms with E-state index in [-0.39, 0.29) is 5.91 Å². The zero-order valence-electron chi connectivity index (χ0n) is 16.8. The molecule has 0 radical (unpaired) electrons. The van der Waals surface area contributed by atoms with E-state index in [4.69, 9.17) is 11.6 Å². The van der Waals surface area contributed by atoms with Gasteiger partial charge in [0.05, 0.1) is 17.0 Å². The van der Waals surface area contributed by atoms with Crippen molar-refractivity contribution in [1.29, 1.82) is 0 Å². The third-order valence-corrected chi connectivity index (χ3v) is 5.04. The first kappa shape index (κ1) is 20.1. The summed E-state index contributed by atoms with van der Waals surface area (Å²) in [6.07, 6.45) is 0. The second kappa shape index (κ2) is 7.55. The quantitative estimate of drug-likeness (QED) is 0.495. The number of hydrogen-bond donors (Lipinski definition) is 2. The lowest BCUT2D eigenvalue weighted by molar-refractivity contribution is 0.0785. The number of anilines is 1. The van der Waals surface area contributed by atoms with Crippen molar-refractivity contribution in [2.75, 3.05) is 5.32 Å². The number of aromatic nitrogens is 3. The highest BCUT2D eigenvalue weighted by Gasteiger charge is 2.17. The van der Waals surface area contributed by atoms with Crippen LogP contribution in [-0.2, 0) is 5.60 Å². The van der Waals surface area contributed by atoms with Gasteiger partial charge in [-0.1, -0.05) is 35.9 Å². The van der Waals surface area contributed by atoms with Crippen LogP contribution in [0.5, 0.6) is 0 Å². The third-order valence-electron chi connectivity index (χ3n) is 4.78. The Morgan fingerprint density at radius 1 is 1.07 bits per heavy atom. The van der Waals surface area contributed by atoms with Crippen molar-refractivity contribution in [2.24, 2.45) is 0 Å². The zero-order valence-corrected chi connectivity index (χ0v) is 17.6. The van der Waals surface area contributed by atoms with Gasteiger partial charge in [0.1, 0.15) is 5.82 Å². The summed E-state index contributed by atoms with van der Waals surface area (Å²) in [6.45, 7) is 5.29. The van der Waals surface area contributed by atoms with Crippen LogP contribution >= 0.6 is 11.6 Å². The molecule has 2 heterocycles. The average molecular weight is 421 g/mol. The number of nitrogens with zero attached hydrogens (tertiary/aromatic N) is 3. The summed E-state index contributed by atoms with van der Waals surface area (Å²) in [5.41, 5.74) is 3.39. The van der Waals surface area contributed by atoms with Crippen LogP contribution in [0, 0.1) is 6.92 Å². The van der Waals surface area contributed by atoms with E-state index < -0.39 is 5.60 Å². The van der Waals surface area contributed by atoms with Crippen LogP contribution in [-0.4, -0.2) is 25.6 Å². The van der Waals surface area contributed by atoms with Crippen LogP contribution in [0.3, 0.4) is 0 Å². The number of halogens is 1. The number of hydrogen-bond acceptors (Lipinski definition) is 4. The van der Waals surface area contributed by atoms with E-state index in [0.29, 0.717) is 22.1 Å². The summed E-state index contributed by atoms with van der Waals surface area (Å²) in [5, 5.41) is 18.1. The van der Waals surface area contributed by atoms with E-state index in [1.54, 1.807) is 48.7 Å². The first-order valence-electron chi connectivity index (χ1n) is 9.48. The fourth-order valence-electron chi connectivity index (χ4n) is 3.20. The summed E-state index contributed by atoms with van der Waals surface area (Å²) in [7, 11) is 0. The smallest absolute Gasteiger partial charge is 0.256 e. The number of carbonyl (C=O) groups is 1. The Balaban J connectivity index is 1.69. The molecule has 0 atom stereocenters. The SMILES string of the molecule is Cc1cc2nc(NC(=O)c3ccc(C(C)(C)O)cc3)cc(-c3ccc(Cl)cc3)n2n1. The molecule has 0 fully saturated rings. The summed E-state index contributed by atoms with van der Waals surface area (Å²) in [5.74, 6) is 0.136. The standard InChI is InChI=1S/C23H21ClN4O2/c1-14-12-21-25-20(13-19(28(21)27-14)15-6-10-18(24)11-7-15)26-22(29)16-4-8-17(9-5-16)23(2,3)30/h4-13,30H,1-3H3,(H,25,26,29). The molecule has 0 bridgehead atoms. The van der Waals surface area contributed by atoms with Gasteiger partial charge in [-0.25, -0.2) is 9.50 Å². The Morgan fingerprint density at radius 2 is 1.73 bits per heavy atom. The van der Waals surface area contributed by atoms with E-state index in [1.807, 2.05) is 37.3 Å². The Morgan fingerprint density at radius 3 is 2.37 bits per heavy atom. The van der Waals surface area contributed by atoms with Crippen molar-refractivity contribution < 1.29 is 9.90 Å². The molecule has 2 N–H and O–H groups in total. The van der Waals surface area contributed by atoms with Crippen LogP contribution < -0.4 is 5.32 Å². The van der Waals surface area contributed by atoms with Crippen LogP contribution in [0.4, 0.5) is 5.82 Å². The van der Waals surface area contributed by atoms with Crippen molar-refractivity contribution >= 4 is 29.0 Å². The molecule has 152 valence electrons. The van der Waals surface area contributed by atoms with Crippen molar-refractivity contribution in [1.82, 2.24) is 14.6 Å². The molecule has 2 aromatic heterocycles. The molecule has 0 saturated heterocycles. The Bertz CT molecular complexity index is 1220. The molecule has 7 heteroatoms. The van der Waals surface area contributed by atoms with Crippen molar-refractivity contribution in [2.45, 2.75) is 26.4 Å². The Hall–Kier alpha value is -3.22. The van der Waals surface area contributed by atoms with Gasteiger partial charge in [-0.05, 0) is 50.6 Å². The van der Waals surface area contributed by atoms with Crippen LogP contribution in [0.1, 0.15) is 35.5 Å². The van der Waals surface area contributed by atoms with Crippen LogP contribution in [0.2, 0.25) is 5.02 Å². The maximum Gasteiger partial charge on any atom is 0.256 e. The Labute approximate surface area is 179 Å². The predicted molar refractivity (Wildman–Crippen MR) is 118 cm³/mol. The first-order valence-corrected chi connectivity index (χ1v) is 9.86. The fraction of sp³-hybridized carbons (Fsp3) is 0.174. The molecule has 6 nitrogen and oxygen atoms in total. The normalized spacial score (nSPS) is 11.6. The molecular formula is C23H21ClN4O2. The lowest BCUT2D eigenvalue weighted by atomic mass is 9.97. The van der Waals surface area contributed by atoms with Crippen molar-refractivity contribution in [3.05, 3.63) is 82.5 Å². The van der Waals surface area contributed by atoms with Crippen LogP contribution in [0.25, 0.3) is 16.9 Å². The maximum atomic E-state index is 12.8. The van der Waals surface area contributed by atoms with Crippen molar-refractivity contribution in [3.63, 3.8) is 0 Å². The lowest BCUT2D eigenvalue weighted by Crippen LogP contribution is -2.17. The maximum absolute atomic E-state index is 12.8. The summed E-state index contributed by atoms with van der Waals surface area (Å²) in [6, 6.07) is 17.9. The van der Waals surface area contributed by atoms with Crippen LogP contribution in [0.15, 0.2) is 60.7 Å². The predicted octanol–water partition coefficient (Wildman–Crippen LogP) is 4.84. The molecule has 2 aromatic carbocycles. The number of carbonyl (C=O) groups excluding carboxylic acids is 1.